The molecule has 0 bridgehead atoms. The van der Waals surface area contributed by atoms with Crippen LogP contribution in [0.4, 0.5) is 5.69 Å². The van der Waals surface area contributed by atoms with Gasteiger partial charge in [0.05, 0.1) is 0 Å². The molecule has 154 valence electrons. The van der Waals surface area contributed by atoms with Crippen molar-refractivity contribution in [2.75, 3.05) is 18.0 Å². The van der Waals surface area contributed by atoms with Crippen LogP contribution >= 0.6 is 0 Å². The molecule has 29 heavy (non-hydrogen) atoms. The van der Waals surface area contributed by atoms with Crippen LogP contribution in [-0.2, 0) is 14.4 Å². The van der Waals surface area contributed by atoms with E-state index in [0.29, 0.717) is 31.5 Å². The van der Waals surface area contributed by atoms with Gasteiger partial charge in [0.25, 0.3) is 5.91 Å². The highest BCUT2D eigenvalue weighted by atomic mass is 16.2. The third-order valence-corrected chi connectivity index (χ3v) is 5.94. The molecule has 4 amide bonds. The van der Waals surface area contributed by atoms with Crippen LogP contribution in [0.15, 0.2) is 24.3 Å². The van der Waals surface area contributed by atoms with Crippen molar-refractivity contribution in [3.8, 4) is 0 Å². The Labute approximate surface area is 169 Å². The molecule has 2 aliphatic heterocycles. The van der Waals surface area contributed by atoms with Gasteiger partial charge in [-0.3, -0.25) is 19.2 Å². The van der Waals surface area contributed by atoms with Gasteiger partial charge in [-0.25, -0.2) is 0 Å². The molecule has 1 aliphatic carbocycles. The van der Waals surface area contributed by atoms with Gasteiger partial charge in [0.2, 0.25) is 17.7 Å². The van der Waals surface area contributed by atoms with Crippen LogP contribution in [0, 0.1) is 5.92 Å². The number of rotatable bonds is 5. The summed E-state index contributed by atoms with van der Waals surface area (Å²) in [4.78, 5) is 52.1. The molecule has 2 unspecified atom stereocenters. The van der Waals surface area contributed by atoms with Gasteiger partial charge in [0.15, 0.2) is 0 Å². The van der Waals surface area contributed by atoms with Crippen molar-refractivity contribution in [1.82, 2.24) is 10.2 Å². The molecule has 3 N–H and O–H groups in total. The Hall–Kier alpha value is -2.90. The van der Waals surface area contributed by atoms with Crippen molar-refractivity contribution < 1.29 is 19.2 Å². The average Bonchev–Trinajstić information content (AvgIpc) is 3.48. The first-order valence-corrected chi connectivity index (χ1v) is 10.2. The fraction of sp³-hybridized carbons (Fsp3) is 0.524. The first-order chi connectivity index (χ1) is 13.9. The molecule has 1 aromatic carbocycles. The zero-order chi connectivity index (χ0) is 20.5. The van der Waals surface area contributed by atoms with Gasteiger partial charge in [-0.2, -0.15) is 0 Å². The molecule has 3 fully saturated rings. The van der Waals surface area contributed by atoms with Crippen LogP contribution < -0.4 is 16.0 Å². The van der Waals surface area contributed by atoms with E-state index in [2.05, 4.69) is 5.32 Å². The molecular formula is C21H26N4O4. The summed E-state index contributed by atoms with van der Waals surface area (Å²) in [7, 11) is 0. The van der Waals surface area contributed by atoms with E-state index in [0.717, 1.165) is 31.4 Å². The Morgan fingerprint density at radius 2 is 1.79 bits per heavy atom. The van der Waals surface area contributed by atoms with Gasteiger partial charge < -0.3 is 20.9 Å². The van der Waals surface area contributed by atoms with Crippen LogP contribution in [-0.4, -0.2) is 53.7 Å². The summed E-state index contributed by atoms with van der Waals surface area (Å²) in [6, 6.07) is 5.97. The number of hydrogen-bond donors (Lipinski definition) is 2. The van der Waals surface area contributed by atoms with E-state index in [-0.39, 0.29) is 29.7 Å². The summed E-state index contributed by atoms with van der Waals surface area (Å²) in [6.07, 6.45) is 4.49. The fourth-order valence-corrected chi connectivity index (χ4v) is 4.16. The number of likely N-dealkylation sites (tertiary alicyclic amines) is 1. The van der Waals surface area contributed by atoms with Crippen molar-refractivity contribution in [1.29, 1.82) is 0 Å². The van der Waals surface area contributed by atoms with Gasteiger partial charge in [0, 0.05) is 42.7 Å². The summed E-state index contributed by atoms with van der Waals surface area (Å²) in [5, 5.41) is 2.91. The smallest absolute Gasteiger partial charge is 0.251 e. The lowest BCUT2D eigenvalue weighted by molar-refractivity contribution is -0.138. The maximum Gasteiger partial charge on any atom is 0.251 e. The SMILES string of the molecule is NC(=O)C1CC(NC(=O)c2ccc(N3CCCCC3=O)cc2)CN1C(=O)C1CC1. The number of carbonyl (C=O) groups is 4. The lowest BCUT2D eigenvalue weighted by Crippen LogP contribution is -2.44. The van der Waals surface area contributed by atoms with Crippen LogP contribution in [0.2, 0.25) is 0 Å². The van der Waals surface area contributed by atoms with Gasteiger partial charge in [-0.05, 0) is 56.4 Å². The number of piperidine rings is 1. The monoisotopic (exact) mass is 398 g/mol. The minimum atomic E-state index is -0.666. The maximum absolute atomic E-state index is 12.6. The van der Waals surface area contributed by atoms with E-state index in [9.17, 15) is 19.2 Å². The number of benzene rings is 1. The summed E-state index contributed by atoms with van der Waals surface area (Å²) in [5.74, 6) is -0.739. The van der Waals surface area contributed by atoms with Crippen LogP contribution in [0.25, 0.3) is 0 Å². The molecule has 8 heteroatoms. The van der Waals surface area contributed by atoms with E-state index in [1.54, 1.807) is 29.2 Å². The van der Waals surface area contributed by atoms with Crippen molar-refractivity contribution >= 4 is 29.3 Å². The number of amides is 4. The molecule has 0 radical (unpaired) electrons. The van der Waals surface area contributed by atoms with Gasteiger partial charge in [-0.1, -0.05) is 0 Å². The van der Waals surface area contributed by atoms with Crippen LogP contribution in [0.1, 0.15) is 48.9 Å². The number of primary amides is 1. The Morgan fingerprint density at radius 3 is 2.41 bits per heavy atom. The predicted octanol–water partition coefficient (Wildman–Crippen LogP) is 0.798. The van der Waals surface area contributed by atoms with E-state index in [1.165, 1.54) is 4.90 Å². The number of nitrogens with zero attached hydrogens (tertiary/aromatic N) is 2. The third kappa shape index (κ3) is 4.11. The molecule has 1 saturated carbocycles. The highest BCUT2D eigenvalue weighted by Crippen LogP contribution is 2.33. The minimum absolute atomic E-state index is 0.00339. The van der Waals surface area contributed by atoms with E-state index in [1.807, 2.05) is 0 Å². The van der Waals surface area contributed by atoms with Crippen LogP contribution in [0.3, 0.4) is 0 Å². The van der Waals surface area contributed by atoms with E-state index >= 15 is 0 Å². The Kier molecular flexibility index (Phi) is 5.25. The molecule has 1 aromatic rings. The number of nitrogens with one attached hydrogen (secondary N) is 1. The Morgan fingerprint density at radius 1 is 1.07 bits per heavy atom. The van der Waals surface area contributed by atoms with Gasteiger partial charge in [0.1, 0.15) is 6.04 Å². The minimum Gasteiger partial charge on any atom is -0.368 e. The Bertz CT molecular complexity index is 834. The second kappa shape index (κ2) is 7.85. The average molecular weight is 398 g/mol. The second-order valence-corrected chi connectivity index (χ2v) is 8.14. The standard InChI is InChI=1S/C21H26N4O4/c22-19(27)17-11-15(12-25(17)21(29)14-4-5-14)23-20(28)13-6-8-16(9-7-13)24-10-2-1-3-18(24)26/h6-9,14-15,17H,1-5,10-12H2,(H2,22,27)(H,23,28). The van der Waals surface area contributed by atoms with Crippen molar-refractivity contribution in [2.24, 2.45) is 11.7 Å². The van der Waals surface area contributed by atoms with Gasteiger partial charge >= 0.3 is 0 Å². The van der Waals surface area contributed by atoms with Crippen LogP contribution in [0.5, 0.6) is 0 Å². The quantitative estimate of drug-likeness (QED) is 0.764. The first kappa shape index (κ1) is 19.4. The van der Waals surface area contributed by atoms with Gasteiger partial charge in [-0.15, -0.1) is 0 Å². The molecule has 8 nitrogen and oxygen atoms in total. The van der Waals surface area contributed by atoms with Crippen molar-refractivity contribution in [3.05, 3.63) is 29.8 Å². The molecule has 0 aromatic heterocycles. The second-order valence-electron chi connectivity index (χ2n) is 8.14. The topological polar surface area (TPSA) is 113 Å². The van der Waals surface area contributed by atoms with Crippen molar-refractivity contribution in [3.63, 3.8) is 0 Å². The largest absolute Gasteiger partial charge is 0.368 e. The fourth-order valence-electron chi connectivity index (χ4n) is 4.16. The van der Waals surface area contributed by atoms with E-state index in [4.69, 9.17) is 5.73 Å². The molecule has 3 aliphatic rings. The summed E-state index contributed by atoms with van der Waals surface area (Å²) in [5.41, 5.74) is 6.74. The normalized spacial score (nSPS) is 24.5. The lowest BCUT2D eigenvalue weighted by atomic mass is 10.1. The molecule has 4 rings (SSSR count). The van der Waals surface area contributed by atoms with E-state index < -0.39 is 11.9 Å². The molecular weight excluding hydrogens is 372 g/mol. The zero-order valence-electron chi connectivity index (χ0n) is 16.3. The summed E-state index contributed by atoms with van der Waals surface area (Å²) >= 11 is 0. The Balaban J connectivity index is 1.39. The highest BCUT2D eigenvalue weighted by molar-refractivity contribution is 5.97. The molecule has 2 heterocycles. The maximum atomic E-state index is 12.6. The number of hydrogen-bond acceptors (Lipinski definition) is 4. The van der Waals surface area contributed by atoms with Crippen molar-refractivity contribution in [2.45, 2.75) is 50.6 Å². The highest BCUT2D eigenvalue weighted by Gasteiger charge is 2.44. The molecule has 2 saturated heterocycles. The predicted molar refractivity (Wildman–Crippen MR) is 106 cm³/mol. The third-order valence-electron chi connectivity index (χ3n) is 5.94. The zero-order valence-corrected chi connectivity index (χ0v) is 16.3. The summed E-state index contributed by atoms with van der Waals surface area (Å²) < 4.78 is 0. The number of nitrogens with two attached hydrogens (primary N) is 1. The molecule has 0 spiro atoms. The summed E-state index contributed by atoms with van der Waals surface area (Å²) in [6.45, 7) is 1.00. The molecule has 2 atom stereocenters. The number of carbonyl (C=O) groups excluding carboxylic acids is 4. The first-order valence-electron chi connectivity index (χ1n) is 10.2. The lowest BCUT2D eigenvalue weighted by Gasteiger charge is -2.26. The number of anilines is 1.